The SMILES string of the molecule is I.NC(=NCC(C(=O)N1CCOCC1)c1ccccc1)N1CCCCC1. The minimum Gasteiger partial charge on any atom is -0.378 e. The van der Waals surface area contributed by atoms with Crippen molar-refractivity contribution in [3.63, 3.8) is 0 Å². The maximum Gasteiger partial charge on any atom is 0.232 e. The number of morpholine rings is 1. The lowest BCUT2D eigenvalue weighted by Gasteiger charge is -2.31. The van der Waals surface area contributed by atoms with Crippen LogP contribution in [0.4, 0.5) is 0 Å². The Kier molecular flexibility index (Phi) is 8.64. The number of nitrogens with zero attached hydrogens (tertiary/aromatic N) is 3. The Balaban J connectivity index is 0.00000243. The van der Waals surface area contributed by atoms with Gasteiger partial charge in [-0.3, -0.25) is 9.79 Å². The van der Waals surface area contributed by atoms with E-state index in [1.165, 1.54) is 6.42 Å². The fourth-order valence-electron chi connectivity index (χ4n) is 3.42. The fourth-order valence-corrected chi connectivity index (χ4v) is 3.42. The zero-order chi connectivity index (χ0) is 17.5. The first-order valence-electron chi connectivity index (χ1n) is 9.22. The molecule has 1 unspecified atom stereocenters. The van der Waals surface area contributed by atoms with Crippen LogP contribution < -0.4 is 5.73 Å². The number of rotatable bonds is 4. The van der Waals surface area contributed by atoms with Gasteiger partial charge in [0.05, 0.1) is 25.7 Å². The molecule has 3 rings (SSSR count). The highest BCUT2D eigenvalue weighted by Gasteiger charge is 2.27. The number of hydrogen-bond donors (Lipinski definition) is 1. The van der Waals surface area contributed by atoms with Crippen LogP contribution in [0.3, 0.4) is 0 Å². The Morgan fingerprint density at radius 1 is 1.04 bits per heavy atom. The molecule has 26 heavy (non-hydrogen) atoms. The van der Waals surface area contributed by atoms with Crippen LogP contribution in [0.15, 0.2) is 35.3 Å². The third-order valence-corrected chi connectivity index (χ3v) is 4.94. The highest BCUT2D eigenvalue weighted by Crippen LogP contribution is 2.20. The first kappa shape index (κ1) is 21.0. The summed E-state index contributed by atoms with van der Waals surface area (Å²) in [6.45, 7) is 4.81. The van der Waals surface area contributed by atoms with Crippen molar-refractivity contribution in [1.82, 2.24) is 9.80 Å². The Morgan fingerprint density at radius 2 is 1.69 bits per heavy atom. The number of carbonyl (C=O) groups excluding carboxylic acids is 1. The van der Waals surface area contributed by atoms with Gasteiger partial charge < -0.3 is 20.3 Å². The fraction of sp³-hybridized carbons (Fsp3) is 0.579. The first-order chi connectivity index (χ1) is 12.3. The number of guanidine groups is 1. The normalized spacial score (nSPS) is 19.6. The van der Waals surface area contributed by atoms with Crippen LogP contribution in [0.2, 0.25) is 0 Å². The molecule has 2 aliphatic rings. The lowest BCUT2D eigenvalue weighted by molar-refractivity contribution is -0.136. The summed E-state index contributed by atoms with van der Waals surface area (Å²) >= 11 is 0. The van der Waals surface area contributed by atoms with Crippen molar-refractivity contribution in [1.29, 1.82) is 0 Å². The molecule has 0 aromatic heterocycles. The van der Waals surface area contributed by atoms with E-state index in [1.54, 1.807) is 0 Å². The van der Waals surface area contributed by atoms with Crippen LogP contribution in [0.1, 0.15) is 30.7 Å². The molecule has 0 aliphatic carbocycles. The minimum atomic E-state index is -0.289. The smallest absolute Gasteiger partial charge is 0.232 e. The number of halogens is 1. The molecule has 0 bridgehead atoms. The summed E-state index contributed by atoms with van der Waals surface area (Å²) < 4.78 is 5.36. The van der Waals surface area contributed by atoms with Gasteiger partial charge in [-0.05, 0) is 24.8 Å². The molecule has 2 saturated heterocycles. The van der Waals surface area contributed by atoms with E-state index in [-0.39, 0.29) is 35.8 Å². The quantitative estimate of drug-likeness (QED) is 0.414. The molecule has 0 radical (unpaired) electrons. The molecule has 1 amide bonds. The van der Waals surface area contributed by atoms with Crippen molar-refractivity contribution in [2.75, 3.05) is 45.9 Å². The van der Waals surface area contributed by atoms with Gasteiger partial charge in [0.25, 0.3) is 0 Å². The standard InChI is InChI=1S/C19H28N4O2.HI/c20-19(23-9-5-2-6-10-23)21-15-17(16-7-3-1-4-8-16)18(24)22-11-13-25-14-12-22;/h1,3-4,7-8,17H,2,5-6,9-15H2,(H2,20,21);1H. The third kappa shape index (κ3) is 5.57. The van der Waals surface area contributed by atoms with Gasteiger partial charge in [0, 0.05) is 26.2 Å². The maximum atomic E-state index is 13.0. The van der Waals surface area contributed by atoms with E-state index < -0.39 is 0 Å². The number of likely N-dealkylation sites (tertiary alicyclic amines) is 1. The van der Waals surface area contributed by atoms with Crippen LogP contribution in [0.5, 0.6) is 0 Å². The Morgan fingerprint density at radius 3 is 2.35 bits per heavy atom. The summed E-state index contributed by atoms with van der Waals surface area (Å²) in [6, 6.07) is 9.88. The highest BCUT2D eigenvalue weighted by atomic mass is 127. The number of piperidine rings is 1. The maximum absolute atomic E-state index is 13.0. The molecule has 6 nitrogen and oxygen atoms in total. The molecule has 1 aromatic rings. The summed E-state index contributed by atoms with van der Waals surface area (Å²) in [4.78, 5) is 21.6. The second-order valence-electron chi connectivity index (χ2n) is 6.65. The summed E-state index contributed by atoms with van der Waals surface area (Å²) in [5.41, 5.74) is 7.18. The van der Waals surface area contributed by atoms with E-state index in [1.807, 2.05) is 35.2 Å². The Labute approximate surface area is 172 Å². The average molecular weight is 472 g/mol. The summed E-state index contributed by atoms with van der Waals surface area (Å²) in [6.07, 6.45) is 3.57. The Bertz CT molecular complexity index is 584. The molecule has 0 spiro atoms. The van der Waals surface area contributed by atoms with Crippen LogP contribution in [-0.4, -0.2) is 67.6 Å². The van der Waals surface area contributed by atoms with Crippen molar-refractivity contribution in [2.45, 2.75) is 25.2 Å². The van der Waals surface area contributed by atoms with Gasteiger partial charge in [-0.25, -0.2) is 0 Å². The van der Waals surface area contributed by atoms with Gasteiger partial charge in [0.2, 0.25) is 5.91 Å². The second kappa shape index (κ2) is 10.7. The van der Waals surface area contributed by atoms with Crippen LogP contribution in [0.25, 0.3) is 0 Å². The number of carbonyl (C=O) groups is 1. The van der Waals surface area contributed by atoms with E-state index in [9.17, 15) is 4.79 Å². The number of nitrogens with two attached hydrogens (primary N) is 1. The summed E-state index contributed by atoms with van der Waals surface area (Å²) in [7, 11) is 0. The molecule has 2 N–H and O–H groups in total. The van der Waals surface area contributed by atoms with Gasteiger partial charge >= 0.3 is 0 Å². The van der Waals surface area contributed by atoms with Gasteiger partial charge in [-0.2, -0.15) is 0 Å². The molecular formula is C19H29IN4O2. The van der Waals surface area contributed by atoms with E-state index in [0.29, 0.717) is 38.8 Å². The van der Waals surface area contributed by atoms with Crippen molar-refractivity contribution in [3.8, 4) is 0 Å². The van der Waals surface area contributed by atoms with Crippen molar-refractivity contribution < 1.29 is 9.53 Å². The topological polar surface area (TPSA) is 71.2 Å². The third-order valence-electron chi connectivity index (χ3n) is 4.94. The van der Waals surface area contributed by atoms with Crippen molar-refractivity contribution in [2.24, 2.45) is 10.7 Å². The van der Waals surface area contributed by atoms with Crippen LogP contribution >= 0.6 is 24.0 Å². The van der Waals surface area contributed by atoms with Crippen molar-refractivity contribution >= 4 is 35.8 Å². The molecule has 2 fully saturated rings. The van der Waals surface area contributed by atoms with E-state index in [0.717, 1.165) is 31.5 Å². The molecule has 0 saturated carbocycles. The zero-order valence-electron chi connectivity index (χ0n) is 15.2. The zero-order valence-corrected chi connectivity index (χ0v) is 17.5. The van der Waals surface area contributed by atoms with Crippen LogP contribution in [0, 0.1) is 0 Å². The van der Waals surface area contributed by atoms with Crippen molar-refractivity contribution in [3.05, 3.63) is 35.9 Å². The largest absolute Gasteiger partial charge is 0.378 e. The average Bonchev–Trinajstić information content (AvgIpc) is 2.70. The van der Waals surface area contributed by atoms with Gasteiger partial charge in [-0.15, -0.1) is 24.0 Å². The second-order valence-corrected chi connectivity index (χ2v) is 6.65. The van der Waals surface area contributed by atoms with E-state index in [2.05, 4.69) is 9.89 Å². The first-order valence-corrected chi connectivity index (χ1v) is 9.22. The van der Waals surface area contributed by atoms with E-state index in [4.69, 9.17) is 10.5 Å². The highest BCUT2D eigenvalue weighted by molar-refractivity contribution is 14.0. The molecular weight excluding hydrogens is 443 g/mol. The molecule has 7 heteroatoms. The number of benzene rings is 1. The number of amides is 1. The lowest BCUT2D eigenvalue weighted by atomic mass is 9.97. The lowest BCUT2D eigenvalue weighted by Crippen LogP contribution is -2.44. The predicted molar refractivity (Wildman–Crippen MR) is 114 cm³/mol. The predicted octanol–water partition coefficient (Wildman–Crippen LogP) is 2.05. The molecule has 144 valence electrons. The molecule has 2 aliphatic heterocycles. The Hall–Kier alpha value is -1.35. The van der Waals surface area contributed by atoms with Gasteiger partial charge in [0.15, 0.2) is 5.96 Å². The number of aliphatic imine (C=N–C) groups is 1. The number of hydrogen-bond acceptors (Lipinski definition) is 3. The van der Waals surface area contributed by atoms with E-state index >= 15 is 0 Å². The van der Waals surface area contributed by atoms with Crippen LogP contribution in [-0.2, 0) is 9.53 Å². The van der Waals surface area contributed by atoms with Gasteiger partial charge in [0.1, 0.15) is 0 Å². The van der Waals surface area contributed by atoms with Gasteiger partial charge in [-0.1, -0.05) is 30.3 Å². The minimum absolute atomic E-state index is 0. The molecule has 2 heterocycles. The molecule has 1 aromatic carbocycles. The summed E-state index contributed by atoms with van der Waals surface area (Å²) in [5.74, 6) is 0.391. The number of ether oxygens (including phenoxy) is 1. The summed E-state index contributed by atoms with van der Waals surface area (Å²) in [5, 5.41) is 0. The molecule has 1 atom stereocenters. The monoisotopic (exact) mass is 472 g/mol.